The molecule has 2 aromatic rings. The highest BCUT2D eigenvalue weighted by atomic mass is 32.2. The predicted octanol–water partition coefficient (Wildman–Crippen LogP) is 4.68. The molecule has 1 aliphatic heterocycles. The Hall–Kier alpha value is -2.31. The van der Waals surface area contributed by atoms with E-state index < -0.39 is 5.97 Å². The van der Waals surface area contributed by atoms with Crippen LogP contribution in [0.3, 0.4) is 0 Å². The van der Waals surface area contributed by atoms with Crippen molar-refractivity contribution in [2.45, 2.75) is 44.6 Å². The number of esters is 1. The monoisotopic (exact) mass is 413 g/mol. The molecule has 1 aliphatic rings. The van der Waals surface area contributed by atoms with Crippen molar-refractivity contribution in [3.8, 4) is 0 Å². The zero-order valence-electron chi connectivity index (χ0n) is 17.1. The molecule has 1 amide bonds. The number of aryl methyl sites for hydroxylation is 3. The molecule has 1 saturated heterocycles. The largest absolute Gasteiger partial charge is 0.452 e. The Morgan fingerprint density at radius 2 is 1.90 bits per heavy atom. The van der Waals surface area contributed by atoms with Gasteiger partial charge in [0.1, 0.15) is 0 Å². The number of anilines is 1. The smallest absolute Gasteiger partial charge is 0.339 e. The van der Waals surface area contributed by atoms with Crippen molar-refractivity contribution in [1.82, 2.24) is 0 Å². The van der Waals surface area contributed by atoms with Crippen LogP contribution in [0, 0.1) is 20.8 Å². The van der Waals surface area contributed by atoms with Gasteiger partial charge < -0.3 is 14.8 Å². The minimum Gasteiger partial charge on any atom is -0.452 e. The molecule has 0 radical (unpaired) electrons. The molecule has 3 rings (SSSR count). The minimum absolute atomic E-state index is 0.232. The summed E-state index contributed by atoms with van der Waals surface area (Å²) in [5.74, 6) is -0.0395. The van der Waals surface area contributed by atoms with Gasteiger partial charge in [-0.3, -0.25) is 4.79 Å². The highest BCUT2D eigenvalue weighted by Gasteiger charge is 2.19. The van der Waals surface area contributed by atoms with E-state index >= 15 is 0 Å². The van der Waals surface area contributed by atoms with Gasteiger partial charge in [-0.15, -0.1) is 11.8 Å². The predicted molar refractivity (Wildman–Crippen MR) is 116 cm³/mol. The van der Waals surface area contributed by atoms with Crippen molar-refractivity contribution in [2.24, 2.45) is 0 Å². The SMILES string of the molecule is Cc1cc(C)c(NC(=O)COC(=O)c2ccccc2SC[C@@H]2CCCO2)c(C)c1. The fraction of sp³-hybridized carbons (Fsp3) is 0.391. The number of amides is 1. The van der Waals surface area contributed by atoms with Gasteiger partial charge in [0.2, 0.25) is 0 Å². The second kappa shape index (κ2) is 9.94. The van der Waals surface area contributed by atoms with Gasteiger partial charge in [0.15, 0.2) is 6.61 Å². The second-order valence-corrected chi connectivity index (χ2v) is 8.40. The Balaban J connectivity index is 1.57. The summed E-state index contributed by atoms with van der Waals surface area (Å²) in [4.78, 5) is 25.7. The van der Waals surface area contributed by atoms with Gasteiger partial charge in [-0.05, 0) is 56.9 Å². The standard InChI is InChI=1S/C23H27NO4S/c1-15-11-16(2)22(17(3)12-15)24-21(25)13-28-23(26)19-8-4-5-9-20(19)29-14-18-7-6-10-27-18/h4-5,8-9,11-12,18H,6-7,10,13-14H2,1-3H3,(H,24,25)/t18-/m0/s1. The van der Waals surface area contributed by atoms with E-state index in [4.69, 9.17) is 9.47 Å². The van der Waals surface area contributed by atoms with Gasteiger partial charge >= 0.3 is 5.97 Å². The van der Waals surface area contributed by atoms with Gasteiger partial charge in [0.25, 0.3) is 5.91 Å². The van der Waals surface area contributed by atoms with E-state index in [2.05, 4.69) is 5.32 Å². The molecule has 1 fully saturated rings. The zero-order valence-corrected chi connectivity index (χ0v) is 17.9. The summed E-state index contributed by atoms with van der Waals surface area (Å²) in [7, 11) is 0. The van der Waals surface area contributed by atoms with Crippen molar-refractivity contribution in [3.63, 3.8) is 0 Å². The first-order valence-corrected chi connectivity index (χ1v) is 10.8. The fourth-order valence-corrected chi connectivity index (χ4v) is 4.59. The van der Waals surface area contributed by atoms with E-state index in [1.165, 1.54) is 0 Å². The number of carbonyl (C=O) groups excluding carboxylic acids is 2. The van der Waals surface area contributed by atoms with Crippen LogP contribution >= 0.6 is 11.8 Å². The van der Waals surface area contributed by atoms with Crippen LogP contribution in [0.15, 0.2) is 41.3 Å². The summed E-state index contributed by atoms with van der Waals surface area (Å²) in [6.45, 7) is 6.40. The van der Waals surface area contributed by atoms with E-state index in [9.17, 15) is 9.59 Å². The molecule has 0 unspecified atom stereocenters. The van der Waals surface area contributed by atoms with Crippen LogP contribution in [-0.2, 0) is 14.3 Å². The number of thioether (sulfide) groups is 1. The third-order valence-electron chi connectivity index (χ3n) is 4.83. The molecule has 0 spiro atoms. The lowest BCUT2D eigenvalue weighted by Gasteiger charge is -2.14. The van der Waals surface area contributed by atoms with E-state index in [0.29, 0.717) is 5.56 Å². The van der Waals surface area contributed by atoms with Crippen LogP contribution in [0.2, 0.25) is 0 Å². The van der Waals surface area contributed by atoms with E-state index in [0.717, 1.165) is 52.5 Å². The Kier molecular flexibility index (Phi) is 7.34. The van der Waals surface area contributed by atoms with Crippen molar-refractivity contribution in [2.75, 3.05) is 24.3 Å². The second-order valence-electron chi connectivity index (χ2n) is 7.34. The third-order valence-corrected chi connectivity index (χ3v) is 6.04. The molecule has 5 nitrogen and oxygen atoms in total. The molecule has 1 N–H and O–H groups in total. The Bertz CT molecular complexity index is 867. The van der Waals surface area contributed by atoms with Crippen LogP contribution in [0.25, 0.3) is 0 Å². The molecule has 6 heteroatoms. The number of ether oxygens (including phenoxy) is 2. The number of rotatable bonds is 7. The minimum atomic E-state index is -0.493. The van der Waals surface area contributed by atoms with E-state index in [1.54, 1.807) is 23.9 Å². The van der Waals surface area contributed by atoms with Crippen molar-refractivity contribution >= 4 is 29.3 Å². The van der Waals surface area contributed by atoms with Crippen LogP contribution in [0.1, 0.15) is 39.9 Å². The van der Waals surface area contributed by atoms with Crippen molar-refractivity contribution in [3.05, 3.63) is 58.7 Å². The number of carbonyl (C=O) groups is 2. The highest BCUT2D eigenvalue weighted by Crippen LogP contribution is 2.27. The van der Waals surface area contributed by atoms with Crippen molar-refractivity contribution in [1.29, 1.82) is 0 Å². The number of benzene rings is 2. The maximum atomic E-state index is 12.6. The third kappa shape index (κ3) is 5.84. The van der Waals surface area contributed by atoms with E-state index in [1.807, 2.05) is 45.0 Å². The molecule has 0 aliphatic carbocycles. The molecule has 1 atom stereocenters. The number of hydrogen-bond acceptors (Lipinski definition) is 5. The lowest BCUT2D eigenvalue weighted by atomic mass is 10.1. The molecule has 0 aromatic heterocycles. The first-order chi connectivity index (χ1) is 13.9. The summed E-state index contributed by atoms with van der Waals surface area (Å²) in [5, 5.41) is 2.85. The molecule has 0 saturated carbocycles. The summed E-state index contributed by atoms with van der Waals surface area (Å²) < 4.78 is 10.9. The highest BCUT2D eigenvalue weighted by molar-refractivity contribution is 7.99. The molecule has 154 valence electrons. The normalized spacial score (nSPS) is 15.9. The Labute approximate surface area is 176 Å². The molecular weight excluding hydrogens is 386 g/mol. The van der Waals surface area contributed by atoms with Crippen LogP contribution in [0.5, 0.6) is 0 Å². The Morgan fingerprint density at radius 3 is 2.59 bits per heavy atom. The topological polar surface area (TPSA) is 64.6 Å². The molecular formula is C23H27NO4S. The van der Waals surface area contributed by atoms with E-state index in [-0.39, 0.29) is 18.6 Å². The van der Waals surface area contributed by atoms with Gasteiger partial charge in [-0.1, -0.05) is 29.8 Å². The Morgan fingerprint density at radius 1 is 1.17 bits per heavy atom. The summed E-state index contributed by atoms with van der Waals surface area (Å²) >= 11 is 1.59. The molecule has 29 heavy (non-hydrogen) atoms. The lowest BCUT2D eigenvalue weighted by molar-refractivity contribution is -0.119. The summed E-state index contributed by atoms with van der Waals surface area (Å²) in [5.41, 5.74) is 4.35. The lowest BCUT2D eigenvalue weighted by Crippen LogP contribution is -2.22. The zero-order chi connectivity index (χ0) is 20.8. The van der Waals surface area contributed by atoms with Crippen molar-refractivity contribution < 1.29 is 19.1 Å². The molecule has 0 bridgehead atoms. The summed E-state index contributed by atoms with van der Waals surface area (Å²) in [6.07, 6.45) is 2.37. The first kappa shape index (κ1) is 21.4. The number of nitrogens with one attached hydrogen (secondary N) is 1. The fourth-order valence-electron chi connectivity index (χ4n) is 3.48. The van der Waals surface area contributed by atoms with Crippen LogP contribution in [0.4, 0.5) is 5.69 Å². The van der Waals surface area contributed by atoms with Crippen LogP contribution in [-0.4, -0.2) is 36.9 Å². The van der Waals surface area contributed by atoms with Gasteiger partial charge in [0, 0.05) is 22.9 Å². The van der Waals surface area contributed by atoms with Gasteiger partial charge in [-0.25, -0.2) is 4.79 Å². The maximum Gasteiger partial charge on any atom is 0.339 e. The average Bonchev–Trinajstić information content (AvgIpc) is 3.21. The number of hydrogen-bond donors (Lipinski definition) is 1. The first-order valence-electron chi connectivity index (χ1n) is 9.82. The van der Waals surface area contributed by atoms with Gasteiger partial charge in [0.05, 0.1) is 11.7 Å². The molecule has 1 heterocycles. The summed E-state index contributed by atoms with van der Waals surface area (Å²) in [6, 6.07) is 11.3. The van der Waals surface area contributed by atoms with Gasteiger partial charge in [-0.2, -0.15) is 0 Å². The quantitative estimate of drug-likeness (QED) is 0.527. The molecule has 2 aromatic carbocycles. The van der Waals surface area contributed by atoms with Crippen LogP contribution < -0.4 is 5.32 Å². The average molecular weight is 414 g/mol. The maximum absolute atomic E-state index is 12.6.